The molecule has 1 aliphatic rings. The average molecular weight is 238 g/mol. The van der Waals surface area contributed by atoms with Gasteiger partial charge in [-0.05, 0) is 13.8 Å². The van der Waals surface area contributed by atoms with Gasteiger partial charge in [0, 0.05) is 38.9 Å². The Morgan fingerprint density at radius 3 is 3.06 bits per heavy atom. The van der Waals surface area contributed by atoms with Crippen LogP contribution in [0.3, 0.4) is 0 Å². The summed E-state index contributed by atoms with van der Waals surface area (Å²) in [7, 11) is 1.92. The molecule has 1 aromatic heterocycles. The molecule has 1 N–H and O–H groups in total. The van der Waals surface area contributed by atoms with Crippen molar-refractivity contribution >= 4 is 5.69 Å². The molecule has 1 saturated heterocycles. The number of nitrogens with zero attached hydrogens (tertiary/aromatic N) is 3. The number of aromatic nitrogens is 2. The largest absolute Gasteiger partial charge is 0.380 e. The van der Waals surface area contributed by atoms with Crippen LogP contribution < -0.4 is 5.32 Å². The Kier molecular flexibility index (Phi) is 4.02. The number of ether oxygens (including phenoxy) is 1. The summed E-state index contributed by atoms with van der Waals surface area (Å²) in [5, 5.41) is 7.49. The zero-order valence-electron chi connectivity index (χ0n) is 10.9. The molecule has 2 rings (SSSR count). The number of rotatable bonds is 4. The molecule has 0 amide bonds. The van der Waals surface area contributed by atoms with Gasteiger partial charge in [-0.3, -0.25) is 9.58 Å². The van der Waals surface area contributed by atoms with Crippen LogP contribution in [0.25, 0.3) is 0 Å². The maximum Gasteiger partial charge on any atom is 0.0874 e. The van der Waals surface area contributed by atoms with Crippen molar-refractivity contribution in [2.75, 3.05) is 31.6 Å². The Morgan fingerprint density at radius 1 is 1.59 bits per heavy atom. The predicted octanol–water partition coefficient (Wildman–Crippen LogP) is 0.941. The molecule has 0 aromatic carbocycles. The first-order valence-electron chi connectivity index (χ1n) is 6.23. The van der Waals surface area contributed by atoms with Gasteiger partial charge in [0.05, 0.1) is 24.6 Å². The van der Waals surface area contributed by atoms with E-state index < -0.39 is 0 Å². The Morgan fingerprint density at radius 2 is 2.41 bits per heavy atom. The summed E-state index contributed by atoms with van der Waals surface area (Å²) in [5.41, 5.74) is 1.05. The molecule has 2 heterocycles. The van der Waals surface area contributed by atoms with E-state index in [0.717, 1.165) is 31.9 Å². The summed E-state index contributed by atoms with van der Waals surface area (Å²) in [6, 6.07) is 0.597. The SMILES string of the molecule is CC(C)N1CCOC(CNc2cnn(C)c2)C1. The van der Waals surface area contributed by atoms with E-state index in [1.54, 1.807) is 4.68 Å². The molecule has 1 aliphatic heterocycles. The third kappa shape index (κ3) is 3.44. The summed E-state index contributed by atoms with van der Waals surface area (Å²) in [6.07, 6.45) is 4.08. The maximum atomic E-state index is 5.76. The number of nitrogens with one attached hydrogen (secondary N) is 1. The fraction of sp³-hybridized carbons (Fsp3) is 0.750. The Bertz CT molecular complexity index is 350. The molecule has 0 radical (unpaired) electrons. The monoisotopic (exact) mass is 238 g/mol. The molecule has 1 fully saturated rings. The van der Waals surface area contributed by atoms with Crippen molar-refractivity contribution in [3.8, 4) is 0 Å². The van der Waals surface area contributed by atoms with Crippen LogP contribution in [-0.2, 0) is 11.8 Å². The number of hydrogen-bond donors (Lipinski definition) is 1. The van der Waals surface area contributed by atoms with Gasteiger partial charge in [-0.1, -0.05) is 0 Å². The van der Waals surface area contributed by atoms with Gasteiger partial charge in [0.25, 0.3) is 0 Å². The second-order valence-electron chi connectivity index (χ2n) is 4.87. The zero-order valence-corrected chi connectivity index (χ0v) is 10.9. The highest BCUT2D eigenvalue weighted by atomic mass is 16.5. The lowest BCUT2D eigenvalue weighted by atomic mass is 10.2. The lowest BCUT2D eigenvalue weighted by molar-refractivity contribution is -0.0315. The van der Waals surface area contributed by atoms with Crippen LogP contribution in [0.2, 0.25) is 0 Å². The Hall–Kier alpha value is -1.07. The number of hydrogen-bond acceptors (Lipinski definition) is 4. The van der Waals surface area contributed by atoms with Gasteiger partial charge in [-0.2, -0.15) is 5.10 Å². The molecule has 5 heteroatoms. The molecule has 1 atom stereocenters. The second-order valence-corrected chi connectivity index (χ2v) is 4.87. The maximum absolute atomic E-state index is 5.76. The van der Waals surface area contributed by atoms with Crippen molar-refractivity contribution in [2.24, 2.45) is 7.05 Å². The zero-order chi connectivity index (χ0) is 12.3. The van der Waals surface area contributed by atoms with E-state index in [0.29, 0.717) is 6.04 Å². The second kappa shape index (κ2) is 5.51. The van der Waals surface area contributed by atoms with Gasteiger partial charge in [-0.15, -0.1) is 0 Å². The highest BCUT2D eigenvalue weighted by Gasteiger charge is 2.21. The van der Waals surface area contributed by atoms with E-state index >= 15 is 0 Å². The minimum Gasteiger partial charge on any atom is -0.380 e. The minimum atomic E-state index is 0.270. The molecular formula is C12H22N4O. The Balaban J connectivity index is 1.79. The quantitative estimate of drug-likeness (QED) is 0.848. The Labute approximate surface area is 103 Å². The van der Waals surface area contributed by atoms with Gasteiger partial charge < -0.3 is 10.1 Å². The molecule has 0 saturated carbocycles. The van der Waals surface area contributed by atoms with Gasteiger partial charge >= 0.3 is 0 Å². The van der Waals surface area contributed by atoms with E-state index in [1.165, 1.54) is 0 Å². The van der Waals surface area contributed by atoms with Crippen LogP contribution in [0, 0.1) is 0 Å². The standard InChI is InChI=1S/C12H22N4O/c1-10(2)16-4-5-17-12(9-16)7-13-11-6-14-15(3)8-11/h6,8,10,12-13H,4-5,7,9H2,1-3H3. The molecule has 17 heavy (non-hydrogen) atoms. The molecule has 0 aliphatic carbocycles. The first-order valence-corrected chi connectivity index (χ1v) is 6.23. The van der Waals surface area contributed by atoms with Crippen LogP contribution in [-0.4, -0.2) is 53.1 Å². The molecule has 0 spiro atoms. The van der Waals surface area contributed by atoms with Crippen LogP contribution in [0.4, 0.5) is 5.69 Å². The molecule has 96 valence electrons. The minimum absolute atomic E-state index is 0.270. The topological polar surface area (TPSA) is 42.3 Å². The fourth-order valence-corrected chi connectivity index (χ4v) is 2.08. The van der Waals surface area contributed by atoms with Crippen LogP contribution in [0.1, 0.15) is 13.8 Å². The smallest absolute Gasteiger partial charge is 0.0874 e. The lowest BCUT2D eigenvalue weighted by Gasteiger charge is -2.35. The molecule has 1 unspecified atom stereocenters. The normalized spacial score (nSPS) is 22.0. The summed E-state index contributed by atoms with van der Waals surface area (Å²) in [5.74, 6) is 0. The van der Waals surface area contributed by atoms with Gasteiger partial charge in [-0.25, -0.2) is 0 Å². The van der Waals surface area contributed by atoms with Crippen molar-refractivity contribution in [1.82, 2.24) is 14.7 Å². The van der Waals surface area contributed by atoms with Gasteiger partial charge in [0.15, 0.2) is 0 Å². The summed E-state index contributed by atoms with van der Waals surface area (Å²) in [6.45, 7) is 8.19. The fourth-order valence-electron chi connectivity index (χ4n) is 2.08. The predicted molar refractivity (Wildman–Crippen MR) is 68.1 cm³/mol. The average Bonchev–Trinajstić information content (AvgIpc) is 2.73. The highest BCUT2D eigenvalue weighted by molar-refractivity contribution is 5.38. The van der Waals surface area contributed by atoms with E-state index in [1.807, 2.05) is 19.4 Å². The third-order valence-electron chi connectivity index (χ3n) is 3.14. The first kappa shape index (κ1) is 12.4. The molecule has 5 nitrogen and oxygen atoms in total. The van der Waals surface area contributed by atoms with Gasteiger partial charge in [0.1, 0.15) is 0 Å². The lowest BCUT2D eigenvalue weighted by Crippen LogP contribution is -2.47. The highest BCUT2D eigenvalue weighted by Crippen LogP contribution is 2.10. The molecule has 0 bridgehead atoms. The van der Waals surface area contributed by atoms with E-state index in [2.05, 4.69) is 29.2 Å². The van der Waals surface area contributed by atoms with Gasteiger partial charge in [0.2, 0.25) is 0 Å². The van der Waals surface area contributed by atoms with Crippen molar-refractivity contribution in [2.45, 2.75) is 26.0 Å². The summed E-state index contributed by atoms with van der Waals surface area (Å²) in [4.78, 5) is 2.46. The van der Waals surface area contributed by atoms with Crippen molar-refractivity contribution in [3.63, 3.8) is 0 Å². The molecular weight excluding hydrogens is 216 g/mol. The van der Waals surface area contributed by atoms with Crippen LogP contribution in [0.15, 0.2) is 12.4 Å². The van der Waals surface area contributed by atoms with Crippen molar-refractivity contribution < 1.29 is 4.74 Å². The van der Waals surface area contributed by atoms with E-state index in [4.69, 9.17) is 4.74 Å². The van der Waals surface area contributed by atoms with Crippen molar-refractivity contribution in [1.29, 1.82) is 0 Å². The van der Waals surface area contributed by atoms with Crippen LogP contribution >= 0.6 is 0 Å². The van der Waals surface area contributed by atoms with Crippen molar-refractivity contribution in [3.05, 3.63) is 12.4 Å². The number of morpholine rings is 1. The first-order chi connectivity index (χ1) is 8.15. The summed E-state index contributed by atoms with van der Waals surface area (Å²) >= 11 is 0. The molecule has 1 aromatic rings. The number of aryl methyl sites for hydroxylation is 1. The van der Waals surface area contributed by atoms with E-state index in [-0.39, 0.29) is 6.10 Å². The summed E-state index contributed by atoms with van der Waals surface area (Å²) < 4.78 is 7.55. The number of anilines is 1. The third-order valence-corrected chi connectivity index (χ3v) is 3.14. The van der Waals surface area contributed by atoms with Crippen LogP contribution in [0.5, 0.6) is 0 Å². The van der Waals surface area contributed by atoms with E-state index in [9.17, 15) is 0 Å².